The van der Waals surface area contributed by atoms with Gasteiger partial charge in [-0.2, -0.15) is 30.1 Å². The van der Waals surface area contributed by atoms with Crippen molar-refractivity contribution in [2.45, 2.75) is 72.3 Å². The highest BCUT2D eigenvalue weighted by Crippen LogP contribution is 2.32. The summed E-state index contributed by atoms with van der Waals surface area (Å²) in [5, 5.41) is 12.3. The predicted molar refractivity (Wildman–Crippen MR) is 169 cm³/mol. The molecule has 0 amide bonds. The number of halogens is 2. The highest BCUT2D eigenvalue weighted by Gasteiger charge is 2.22. The molecule has 2 fully saturated rings. The topological polar surface area (TPSA) is 155 Å². The average Bonchev–Trinajstić information content (AvgIpc) is 3.73. The Balaban J connectivity index is 0.000000165. The molecule has 6 rings (SSSR count). The minimum absolute atomic E-state index is 0.424. The van der Waals surface area contributed by atoms with E-state index in [1.54, 1.807) is 9.36 Å². The number of nitrogens with one attached hydrogen (secondary N) is 1. The first-order chi connectivity index (χ1) is 19.6. The van der Waals surface area contributed by atoms with Crippen LogP contribution >= 0.6 is 31.9 Å². The number of hydrogen-bond acceptors (Lipinski definition) is 10. The van der Waals surface area contributed by atoms with Crippen LogP contribution in [-0.4, -0.2) is 58.6 Å². The lowest BCUT2D eigenvalue weighted by atomic mass is 10.2. The third kappa shape index (κ3) is 6.48. The van der Waals surface area contributed by atoms with Crippen LogP contribution in [0.15, 0.2) is 21.1 Å². The molecule has 41 heavy (non-hydrogen) atoms. The summed E-state index contributed by atoms with van der Waals surface area (Å²) in [6, 6.07) is 4.45. The highest BCUT2D eigenvalue weighted by molar-refractivity contribution is 9.11. The first-order valence-electron chi connectivity index (χ1n) is 13.9. The predicted octanol–water partition coefficient (Wildman–Crippen LogP) is 5.20. The van der Waals surface area contributed by atoms with Crippen molar-refractivity contribution in [3.8, 4) is 11.9 Å². The summed E-state index contributed by atoms with van der Waals surface area (Å²) in [5.41, 5.74) is 15.9. The van der Waals surface area contributed by atoms with Crippen molar-refractivity contribution in [2.75, 3.05) is 34.8 Å². The molecule has 1 saturated carbocycles. The van der Waals surface area contributed by atoms with E-state index in [0.29, 0.717) is 29.6 Å². The van der Waals surface area contributed by atoms with Crippen molar-refractivity contribution in [1.29, 1.82) is 0 Å². The lowest BCUT2D eigenvalue weighted by Crippen LogP contribution is -2.21. The molecule has 0 unspecified atom stereocenters. The van der Waals surface area contributed by atoms with Crippen LogP contribution < -0.4 is 21.7 Å². The fourth-order valence-corrected chi connectivity index (χ4v) is 5.96. The van der Waals surface area contributed by atoms with Gasteiger partial charge in [0.2, 0.25) is 0 Å². The molecule has 14 heteroatoms. The average molecular weight is 688 g/mol. The Morgan fingerprint density at radius 2 is 1.24 bits per heavy atom. The number of nitrogen functional groups attached to an aromatic ring is 2. The zero-order valence-corrected chi connectivity index (χ0v) is 27.0. The van der Waals surface area contributed by atoms with Gasteiger partial charge in [-0.25, -0.2) is 9.36 Å². The molecule has 2 aliphatic rings. The fourth-order valence-electron chi connectivity index (χ4n) is 5.24. The number of nitrogens with zero attached hydrogens (tertiary/aromatic N) is 9. The molecular formula is C27H36Br2N12. The Hall–Kier alpha value is -3.26. The lowest BCUT2D eigenvalue weighted by Gasteiger charge is -2.19. The summed E-state index contributed by atoms with van der Waals surface area (Å²) in [6.45, 7) is 9.87. The van der Waals surface area contributed by atoms with Gasteiger partial charge in [0.15, 0.2) is 5.82 Å². The number of nitrogens with two attached hydrogens (primary N) is 2. The summed E-state index contributed by atoms with van der Waals surface area (Å²) in [6.07, 6.45) is 7.24. The van der Waals surface area contributed by atoms with Crippen LogP contribution in [0.4, 0.5) is 23.3 Å². The Labute approximate surface area is 256 Å². The van der Waals surface area contributed by atoms with E-state index in [-0.39, 0.29) is 0 Å². The monoisotopic (exact) mass is 686 g/mol. The number of aromatic nitrogens is 8. The SMILES string of the molecule is Cc1cc(C)n(-c2nc(N)c(Br)c(N3CCCC3)n2)n1.Cc1cc(C)n(-c2nc(N)c(Br)c(NC3CCCC3)n2)n1. The van der Waals surface area contributed by atoms with Crippen molar-refractivity contribution in [3.63, 3.8) is 0 Å². The highest BCUT2D eigenvalue weighted by atomic mass is 79.9. The minimum atomic E-state index is 0.424. The van der Waals surface area contributed by atoms with Crippen molar-refractivity contribution < 1.29 is 0 Å². The first-order valence-corrected chi connectivity index (χ1v) is 15.4. The summed E-state index contributed by atoms with van der Waals surface area (Å²) >= 11 is 6.98. The van der Waals surface area contributed by atoms with E-state index in [2.05, 4.69) is 72.2 Å². The van der Waals surface area contributed by atoms with E-state index in [9.17, 15) is 0 Å². The second-order valence-corrected chi connectivity index (χ2v) is 12.2. The number of aryl methyl sites for hydroxylation is 4. The summed E-state index contributed by atoms with van der Waals surface area (Å²) in [5.74, 6) is 3.51. The van der Waals surface area contributed by atoms with Crippen LogP contribution in [-0.2, 0) is 0 Å². The van der Waals surface area contributed by atoms with Gasteiger partial charge in [0.25, 0.3) is 11.9 Å². The molecule has 1 aliphatic carbocycles. The van der Waals surface area contributed by atoms with E-state index in [1.165, 1.54) is 38.5 Å². The molecule has 5 N–H and O–H groups in total. The van der Waals surface area contributed by atoms with Gasteiger partial charge in [-0.15, -0.1) is 0 Å². The Kier molecular flexibility index (Phi) is 8.78. The maximum atomic E-state index is 6.02. The zero-order chi connectivity index (χ0) is 29.3. The molecule has 218 valence electrons. The Morgan fingerprint density at radius 3 is 1.76 bits per heavy atom. The lowest BCUT2D eigenvalue weighted by molar-refractivity contribution is 0.738. The second kappa shape index (κ2) is 12.3. The van der Waals surface area contributed by atoms with Gasteiger partial charge in [-0.3, -0.25) is 0 Å². The van der Waals surface area contributed by atoms with Crippen molar-refractivity contribution in [1.82, 2.24) is 39.5 Å². The molecule has 1 aliphatic heterocycles. The number of rotatable bonds is 5. The van der Waals surface area contributed by atoms with Crippen LogP contribution in [0, 0.1) is 27.7 Å². The van der Waals surface area contributed by atoms with E-state index in [1.807, 2.05) is 39.8 Å². The van der Waals surface area contributed by atoms with Crippen LogP contribution in [0.1, 0.15) is 61.3 Å². The summed E-state index contributed by atoms with van der Waals surface area (Å²) < 4.78 is 4.94. The minimum Gasteiger partial charge on any atom is -0.383 e. The van der Waals surface area contributed by atoms with E-state index in [4.69, 9.17) is 11.5 Å². The molecule has 5 heterocycles. The Morgan fingerprint density at radius 1 is 0.732 bits per heavy atom. The molecule has 12 nitrogen and oxygen atoms in total. The maximum Gasteiger partial charge on any atom is 0.254 e. The molecule has 1 saturated heterocycles. The van der Waals surface area contributed by atoms with Crippen LogP contribution in [0.2, 0.25) is 0 Å². The molecule has 0 spiro atoms. The third-order valence-electron chi connectivity index (χ3n) is 7.21. The van der Waals surface area contributed by atoms with Crippen molar-refractivity contribution >= 4 is 55.1 Å². The molecule has 4 aromatic rings. The van der Waals surface area contributed by atoms with Crippen LogP contribution in [0.3, 0.4) is 0 Å². The standard InChI is InChI=1S/C14H19BrN6.C13H17BrN6/c1-8-7-9(2)21(20-8)14-18-12(16)11(15)13(19-14)17-10-5-3-4-6-10;1-8-7-9(2)20(18-8)13-16-11(15)10(14)12(17-13)19-5-3-4-6-19/h7,10H,3-6H2,1-2H3,(H3,16,17,18,19);7H,3-6H2,1-2H3,(H2,15,16,17). The zero-order valence-electron chi connectivity index (χ0n) is 23.8. The molecule has 0 aromatic carbocycles. The van der Waals surface area contributed by atoms with Gasteiger partial charge in [0, 0.05) is 30.5 Å². The normalized spacial score (nSPS) is 15.3. The molecule has 0 atom stereocenters. The van der Waals surface area contributed by atoms with Crippen LogP contribution in [0.5, 0.6) is 0 Å². The quantitative estimate of drug-likeness (QED) is 0.255. The fraction of sp³-hybridized carbons (Fsp3) is 0.481. The van der Waals surface area contributed by atoms with Crippen LogP contribution in [0.25, 0.3) is 11.9 Å². The van der Waals surface area contributed by atoms with Gasteiger partial charge in [-0.1, -0.05) is 12.8 Å². The van der Waals surface area contributed by atoms with Crippen molar-refractivity contribution in [3.05, 3.63) is 43.9 Å². The maximum absolute atomic E-state index is 6.02. The molecular weight excluding hydrogens is 652 g/mol. The van der Waals surface area contributed by atoms with Gasteiger partial charge in [0.1, 0.15) is 26.4 Å². The largest absolute Gasteiger partial charge is 0.383 e. The summed E-state index contributed by atoms with van der Waals surface area (Å²) in [4.78, 5) is 20.1. The number of hydrogen-bond donors (Lipinski definition) is 3. The molecule has 0 bridgehead atoms. The van der Waals surface area contributed by atoms with Gasteiger partial charge in [-0.05, 0) is 97.4 Å². The van der Waals surface area contributed by atoms with Gasteiger partial charge >= 0.3 is 0 Å². The smallest absolute Gasteiger partial charge is 0.254 e. The number of anilines is 4. The first kappa shape index (κ1) is 29.2. The van der Waals surface area contributed by atoms with E-state index >= 15 is 0 Å². The van der Waals surface area contributed by atoms with E-state index < -0.39 is 0 Å². The molecule has 4 aromatic heterocycles. The Bertz CT molecular complexity index is 1530. The van der Waals surface area contributed by atoms with Gasteiger partial charge < -0.3 is 21.7 Å². The third-order valence-corrected chi connectivity index (χ3v) is 8.75. The second-order valence-electron chi connectivity index (χ2n) is 10.6. The van der Waals surface area contributed by atoms with Crippen molar-refractivity contribution in [2.24, 2.45) is 0 Å². The molecule has 0 radical (unpaired) electrons. The van der Waals surface area contributed by atoms with Gasteiger partial charge in [0.05, 0.1) is 11.4 Å². The van der Waals surface area contributed by atoms with E-state index in [0.717, 1.165) is 56.4 Å². The summed E-state index contributed by atoms with van der Waals surface area (Å²) in [7, 11) is 0.